The molecule has 0 spiro atoms. The molecule has 184 valence electrons. The first kappa shape index (κ1) is 24.5. The Morgan fingerprint density at radius 2 is 1.28 bits per heavy atom. The predicted octanol–water partition coefficient (Wildman–Crippen LogP) is 3.88. The number of imide groups is 1. The van der Waals surface area contributed by atoms with E-state index in [0.717, 1.165) is 4.90 Å². The van der Waals surface area contributed by atoms with Gasteiger partial charge in [-0.2, -0.15) is 0 Å². The molecule has 8 heteroatoms. The minimum Gasteiger partial charge on any atom is -0.497 e. The van der Waals surface area contributed by atoms with E-state index < -0.39 is 18.4 Å². The van der Waals surface area contributed by atoms with Gasteiger partial charge in [-0.1, -0.05) is 18.2 Å². The fourth-order valence-corrected chi connectivity index (χ4v) is 4.04. The van der Waals surface area contributed by atoms with Crippen molar-refractivity contribution >= 4 is 28.7 Å². The van der Waals surface area contributed by atoms with Gasteiger partial charge in [0.1, 0.15) is 11.5 Å². The quantitative estimate of drug-likeness (QED) is 0.334. The van der Waals surface area contributed by atoms with E-state index in [-0.39, 0.29) is 16.9 Å². The van der Waals surface area contributed by atoms with E-state index in [1.54, 1.807) is 66.7 Å². The minimum absolute atomic E-state index is 0.164. The number of carbonyl (C=O) groups excluding carboxylic acids is 3. The molecular formula is C28H25NO7. The van der Waals surface area contributed by atoms with Gasteiger partial charge in [-0.3, -0.25) is 19.3 Å². The lowest BCUT2D eigenvalue weighted by atomic mass is 9.96. The molecule has 0 aliphatic carbocycles. The summed E-state index contributed by atoms with van der Waals surface area (Å²) in [6, 6.07) is 18.3. The monoisotopic (exact) mass is 487 g/mol. The van der Waals surface area contributed by atoms with Crippen LogP contribution in [-0.2, 0) is 9.59 Å². The molecule has 1 aliphatic rings. The van der Waals surface area contributed by atoms with Gasteiger partial charge in [0, 0.05) is 5.56 Å². The number of methoxy groups -OCH3 is 4. The number of Topliss-reactive ketones (excluding diaryl/α,β-unsaturated/α-hetero) is 1. The molecule has 2 amide bonds. The molecule has 8 nitrogen and oxygen atoms in total. The number of nitrogens with zero attached hydrogens (tertiary/aromatic N) is 1. The summed E-state index contributed by atoms with van der Waals surface area (Å²) < 4.78 is 21.2. The SMILES string of the molecule is COc1ccc(C(=O)CN2C(=O)C(c3cccc(OC)c3)=C(c3ccc(OC)c(OC)c3)C2=O)cc1. The standard InChI is InChI=1S/C28H25NO7/c1-33-20-11-8-17(9-12-20)22(30)16-29-27(31)25(18-6-5-7-21(14-18)34-2)26(28(29)32)19-10-13-23(35-3)24(15-19)36-4/h5-15H,16H2,1-4H3. The third kappa shape index (κ3) is 4.53. The Labute approximate surface area is 208 Å². The van der Waals surface area contributed by atoms with Crippen LogP contribution < -0.4 is 18.9 Å². The minimum atomic E-state index is -0.577. The Kier molecular flexibility index (Phi) is 7.05. The first-order chi connectivity index (χ1) is 17.4. The maximum Gasteiger partial charge on any atom is 0.262 e. The summed E-state index contributed by atoms with van der Waals surface area (Å²) in [4.78, 5) is 41.2. The lowest BCUT2D eigenvalue weighted by Gasteiger charge is -2.15. The van der Waals surface area contributed by atoms with Crippen molar-refractivity contribution in [1.82, 2.24) is 4.90 Å². The zero-order chi connectivity index (χ0) is 25.8. The van der Waals surface area contributed by atoms with Crippen LogP contribution in [0.25, 0.3) is 11.1 Å². The molecule has 0 unspecified atom stereocenters. The Balaban J connectivity index is 1.78. The normalized spacial score (nSPS) is 13.2. The van der Waals surface area contributed by atoms with E-state index in [2.05, 4.69) is 0 Å². The molecule has 0 saturated heterocycles. The molecule has 0 N–H and O–H groups in total. The van der Waals surface area contributed by atoms with Crippen LogP contribution in [0.15, 0.2) is 66.7 Å². The Morgan fingerprint density at radius 1 is 0.667 bits per heavy atom. The number of benzene rings is 3. The average Bonchev–Trinajstić information content (AvgIpc) is 3.17. The number of carbonyl (C=O) groups is 3. The van der Waals surface area contributed by atoms with Crippen LogP contribution in [0.3, 0.4) is 0 Å². The molecule has 0 radical (unpaired) electrons. The molecule has 0 aromatic heterocycles. The van der Waals surface area contributed by atoms with Crippen LogP contribution in [0, 0.1) is 0 Å². The van der Waals surface area contributed by atoms with E-state index in [4.69, 9.17) is 18.9 Å². The van der Waals surface area contributed by atoms with Crippen LogP contribution in [-0.4, -0.2) is 57.5 Å². The van der Waals surface area contributed by atoms with E-state index in [1.165, 1.54) is 28.4 Å². The number of ether oxygens (including phenoxy) is 4. The average molecular weight is 488 g/mol. The maximum atomic E-state index is 13.6. The highest BCUT2D eigenvalue weighted by molar-refractivity contribution is 6.49. The van der Waals surface area contributed by atoms with Crippen LogP contribution in [0.4, 0.5) is 0 Å². The Bertz CT molecular complexity index is 1360. The van der Waals surface area contributed by atoms with Crippen molar-refractivity contribution < 1.29 is 33.3 Å². The van der Waals surface area contributed by atoms with Gasteiger partial charge in [0.2, 0.25) is 0 Å². The van der Waals surface area contributed by atoms with Crippen LogP contribution >= 0.6 is 0 Å². The molecular weight excluding hydrogens is 462 g/mol. The molecule has 0 bridgehead atoms. The topological polar surface area (TPSA) is 91.4 Å². The second-order valence-corrected chi connectivity index (χ2v) is 7.90. The van der Waals surface area contributed by atoms with Gasteiger partial charge >= 0.3 is 0 Å². The summed E-state index contributed by atoms with van der Waals surface area (Å²) in [6.07, 6.45) is 0. The summed E-state index contributed by atoms with van der Waals surface area (Å²) in [7, 11) is 6.04. The summed E-state index contributed by atoms with van der Waals surface area (Å²) in [5.41, 5.74) is 1.66. The molecule has 0 atom stereocenters. The second kappa shape index (κ2) is 10.4. The maximum absolute atomic E-state index is 13.6. The number of hydrogen-bond acceptors (Lipinski definition) is 7. The number of amides is 2. The molecule has 3 aromatic rings. The number of ketones is 1. The fraction of sp³-hybridized carbons (Fsp3) is 0.179. The van der Waals surface area contributed by atoms with E-state index >= 15 is 0 Å². The first-order valence-electron chi connectivity index (χ1n) is 11.1. The van der Waals surface area contributed by atoms with Crippen LogP contribution in [0.2, 0.25) is 0 Å². The lowest BCUT2D eigenvalue weighted by Crippen LogP contribution is -2.36. The third-order valence-electron chi connectivity index (χ3n) is 5.91. The molecule has 4 rings (SSSR count). The molecule has 36 heavy (non-hydrogen) atoms. The Morgan fingerprint density at radius 3 is 1.86 bits per heavy atom. The van der Waals surface area contributed by atoms with E-state index in [1.807, 2.05) is 0 Å². The van der Waals surface area contributed by atoms with Gasteiger partial charge in [-0.15, -0.1) is 0 Å². The van der Waals surface area contributed by atoms with Gasteiger partial charge in [-0.25, -0.2) is 0 Å². The zero-order valence-electron chi connectivity index (χ0n) is 20.4. The summed E-state index contributed by atoms with van der Waals surface area (Å²) in [6.45, 7) is -0.408. The fourth-order valence-electron chi connectivity index (χ4n) is 4.04. The predicted molar refractivity (Wildman–Crippen MR) is 133 cm³/mol. The van der Waals surface area contributed by atoms with Gasteiger partial charge in [0.25, 0.3) is 11.8 Å². The lowest BCUT2D eigenvalue weighted by molar-refractivity contribution is -0.135. The number of rotatable bonds is 9. The van der Waals surface area contributed by atoms with Crippen molar-refractivity contribution in [3.63, 3.8) is 0 Å². The second-order valence-electron chi connectivity index (χ2n) is 7.90. The first-order valence-corrected chi connectivity index (χ1v) is 11.1. The van der Waals surface area contributed by atoms with Gasteiger partial charge in [0.15, 0.2) is 17.3 Å². The number of hydrogen-bond donors (Lipinski definition) is 0. The van der Waals surface area contributed by atoms with Crippen molar-refractivity contribution in [3.8, 4) is 23.0 Å². The van der Waals surface area contributed by atoms with Crippen LogP contribution in [0.1, 0.15) is 21.5 Å². The van der Waals surface area contributed by atoms with Crippen molar-refractivity contribution in [2.75, 3.05) is 35.0 Å². The van der Waals surface area contributed by atoms with Gasteiger partial charge < -0.3 is 18.9 Å². The zero-order valence-corrected chi connectivity index (χ0v) is 20.4. The molecule has 1 heterocycles. The summed E-state index contributed by atoms with van der Waals surface area (Å²) >= 11 is 0. The summed E-state index contributed by atoms with van der Waals surface area (Å²) in [5.74, 6) is 0.482. The van der Waals surface area contributed by atoms with Crippen molar-refractivity contribution in [3.05, 3.63) is 83.4 Å². The van der Waals surface area contributed by atoms with Crippen molar-refractivity contribution in [2.45, 2.75) is 0 Å². The van der Waals surface area contributed by atoms with Gasteiger partial charge in [0.05, 0.1) is 46.1 Å². The van der Waals surface area contributed by atoms with E-state index in [0.29, 0.717) is 39.7 Å². The highest BCUT2D eigenvalue weighted by Crippen LogP contribution is 2.39. The smallest absolute Gasteiger partial charge is 0.262 e. The largest absolute Gasteiger partial charge is 0.497 e. The third-order valence-corrected chi connectivity index (χ3v) is 5.91. The van der Waals surface area contributed by atoms with Crippen LogP contribution in [0.5, 0.6) is 23.0 Å². The Hall–Kier alpha value is -4.59. The molecule has 1 aliphatic heterocycles. The highest BCUT2D eigenvalue weighted by atomic mass is 16.5. The van der Waals surface area contributed by atoms with Gasteiger partial charge in [-0.05, 0) is 59.7 Å². The molecule has 0 saturated carbocycles. The highest BCUT2D eigenvalue weighted by Gasteiger charge is 2.40. The summed E-state index contributed by atoms with van der Waals surface area (Å²) in [5, 5.41) is 0. The van der Waals surface area contributed by atoms with Crippen molar-refractivity contribution in [2.24, 2.45) is 0 Å². The van der Waals surface area contributed by atoms with Crippen molar-refractivity contribution in [1.29, 1.82) is 0 Å². The molecule has 3 aromatic carbocycles. The van der Waals surface area contributed by atoms with E-state index in [9.17, 15) is 14.4 Å². The molecule has 0 fully saturated rings.